The monoisotopic (exact) mass is 536 g/mol. The van der Waals surface area contributed by atoms with Crippen LogP contribution >= 0.6 is 0 Å². The van der Waals surface area contributed by atoms with Crippen LogP contribution in [0.5, 0.6) is 11.5 Å². The van der Waals surface area contributed by atoms with E-state index in [1.165, 1.54) is 24.3 Å². The van der Waals surface area contributed by atoms with Gasteiger partial charge in [-0.15, -0.1) is 0 Å². The van der Waals surface area contributed by atoms with Gasteiger partial charge >= 0.3 is 12.1 Å². The number of esters is 1. The summed E-state index contributed by atoms with van der Waals surface area (Å²) in [6.07, 6.45) is -4.51. The van der Waals surface area contributed by atoms with Gasteiger partial charge in [0.1, 0.15) is 0 Å². The van der Waals surface area contributed by atoms with Gasteiger partial charge in [0.25, 0.3) is 0 Å². The first-order chi connectivity index (χ1) is 18.6. The third-order valence-electron chi connectivity index (χ3n) is 6.30. The molecule has 39 heavy (non-hydrogen) atoms. The highest BCUT2D eigenvalue weighted by Crippen LogP contribution is 2.35. The van der Waals surface area contributed by atoms with E-state index >= 15 is 0 Å². The molecule has 0 aliphatic carbocycles. The average Bonchev–Trinajstić information content (AvgIpc) is 3.50. The Bertz CT molecular complexity index is 1580. The lowest BCUT2D eigenvalue weighted by molar-refractivity contribution is -0.137. The number of nitrogens with zero attached hydrogens (tertiary/aromatic N) is 1. The van der Waals surface area contributed by atoms with Gasteiger partial charge in [0.2, 0.25) is 12.6 Å². The smallest absolute Gasteiger partial charge is 0.416 e. The predicted octanol–water partition coefficient (Wildman–Crippen LogP) is 6.62. The van der Waals surface area contributed by atoms with Crippen molar-refractivity contribution >= 4 is 23.1 Å². The molecule has 1 aliphatic rings. The van der Waals surface area contributed by atoms with E-state index in [-0.39, 0.29) is 23.7 Å². The highest BCUT2D eigenvalue weighted by Gasteiger charge is 2.30. The minimum absolute atomic E-state index is 0.0774. The average molecular weight is 537 g/mol. The number of nitrogens with one attached hydrogen (secondary N) is 1. The van der Waals surface area contributed by atoms with Gasteiger partial charge in [-0.05, 0) is 62.4 Å². The van der Waals surface area contributed by atoms with Gasteiger partial charge in [0, 0.05) is 34.4 Å². The predicted molar refractivity (Wildman–Crippen MR) is 137 cm³/mol. The number of anilines is 2. The standard InChI is InChI=1S/C29H23F3N2O5/c1-17-12-23(18(2)34(17)21-10-11-26-27(14-21)39-16-38-26)25(35)15-37-28(36)22-8-3-4-9-24(22)33-20-7-5-6-19(13-20)29(30,31)32/h3-14,33H,15-16H2,1-2H3. The highest BCUT2D eigenvalue weighted by atomic mass is 19.4. The summed E-state index contributed by atoms with van der Waals surface area (Å²) in [6, 6.07) is 18.1. The van der Waals surface area contributed by atoms with Crippen LogP contribution in [0, 0.1) is 13.8 Å². The van der Waals surface area contributed by atoms with E-state index in [9.17, 15) is 22.8 Å². The number of aryl methyl sites for hydroxylation is 1. The second kappa shape index (κ2) is 10.2. The summed E-state index contributed by atoms with van der Waals surface area (Å²) in [4.78, 5) is 25.9. The molecule has 4 aromatic rings. The topological polar surface area (TPSA) is 78.8 Å². The van der Waals surface area contributed by atoms with Crippen molar-refractivity contribution in [3.63, 3.8) is 0 Å². The number of aromatic nitrogens is 1. The van der Waals surface area contributed by atoms with Crippen LogP contribution in [-0.2, 0) is 10.9 Å². The zero-order valence-corrected chi connectivity index (χ0v) is 21.0. The fourth-order valence-corrected chi connectivity index (χ4v) is 4.45. The molecule has 0 saturated carbocycles. The zero-order valence-electron chi connectivity index (χ0n) is 21.0. The van der Waals surface area contributed by atoms with Gasteiger partial charge in [-0.3, -0.25) is 4.79 Å². The largest absolute Gasteiger partial charge is 0.454 e. The number of carbonyl (C=O) groups is 2. The van der Waals surface area contributed by atoms with Gasteiger partial charge in [0.05, 0.1) is 16.8 Å². The number of benzene rings is 3. The van der Waals surface area contributed by atoms with Crippen molar-refractivity contribution in [1.29, 1.82) is 0 Å². The molecule has 1 aliphatic heterocycles. The summed E-state index contributed by atoms with van der Waals surface area (Å²) in [6.45, 7) is 3.29. The number of Topliss-reactive ketones (excluding diaryl/α,β-unsaturated/α-hetero) is 1. The molecule has 0 bridgehead atoms. The molecular weight excluding hydrogens is 513 g/mol. The first-order valence-corrected chi connectivity index (χ1v) is 11.9. The minimum atomic E-state index is -4.51. The first kappa shape index (κ1) is 25.9. The summed E-state index contributed by atoms with van der Waals surface area (Å²) in [7, 11) is 0. The highest BCUT2D eigenvalue weighted by molar-refractivity contribution is 6.02. The summed E-state index contributed by atoms with van der Waals surface area (Å²) in [5, 5.41) is 2.83. The number of para-hydroxylation sites is 1. The molecule has 0 amide bonds. The van der Waals surface area contributed by atoms with E-state index in [1.54, 1.807) is 31.2 Å². The van der Waals surface area contributed by atoms with Crippen LogP contribution in [-0.4, -0.2) is 29.7 Å². The Labute approximate surface area is 221 Å². The lowest BCUT2D eigenvalue weighted by Crippen LogP contribution is -2.16. The summed E-state index contributed by atoms with van der Waals surface area (Å²) < 4.78 is 57.3. The summed E-state index contributed by atoms with van der Waals surface area (Å²) in [5.74, 6) is 0.0706. The number of fused-ring (bicyclic) bond motifs is 1. The second-order valence-electron chi connectivity index (χ2n) is 8.91. The van der Waals surface area contributed by atoms with E-state index in [2.05, 4.69) is 5.32 Å². The number of alkyl halides is 3. The summed E-state index contributed by atoms with van der Waals surface area (Å²) >= 11 is 0. The fourth-order valence-electron chi connectivity index (χ4n) is 4.45. The molecule has 0 radical (unpaired) electrons. The Morgan fingerprint density at radius 3 is 2.49 bits per heavy atom. The van der Waals surface area contributed by atoms with Crippen molar-refractivity contribution in [2.45, 2.75) is 20.0 Å². The normalized spacial score (nSPS) is 12.3. The van der Waals surface area contributed by atoms with Crippen molar-refractivity contribution < 1.29 is 37.0 Å². The van der Waals surface area contributed by atoms with E-state index in [0.29, 0.717) is 22.8 Å². The Balaban J connectivity index is 1.30. The number of hydrogen-bond acceptors (Lipinski definition) is 6. The van der Waals surface area contributed by atoms with Crippen molar-refractivity contribution in [3.8, 4) is 17.2 Å². The maximum atomic E-state index is 13.1. The molecular formula is C29H23F3N2O5. The molecule has 7 nitrogen and oxygen atoms in total. The van der Waals surface area contributed by atoms with Crippen LogP contribution in [0.3, 0.4) is 0 Å². The maximum Gasteiger partial charge on any atom is 0.416 e. The van der Waals surface area contributed by atoms with E-state index in [1.807, 2.05) is 23.6 Å². The Kier molecular flexibility index (Phi) is 6.78. The van der Waals surface area contributed by atoms with Gasteiger partial charge in [0.15, 0.2) is 18.1 Å². The fraction of sp³-hybridized carbons (Fsp3) is 0.172. The van der Waals surface area contributed by atoms with Crippen molar-refractivity contribution in [3.05, 3.63) is 101 Å². The minimum Gasteiger partial charge on any atom is -0.454 e. The molecule has 0 saturated heterocycles. The van der Waals surface area contributed by atoms with E-state index < -0.39 is 30.1 Å². The maximum absolute atomic E-state index is 13.1. The molecule has 1 aromatic heterocycles. The third kappa shape index (κ3) is 5.31. The van der Waals surface area contributed by atoms with Crippen LogP contribution in [0.4, 0.5) is 24.5 Å². The number of rotatable bonds is 7. The van der Waals surface area contributed by atoms with Crippen LogP contribution < -0.4 is 14.8 Å². The molecule has 0 unspecified atom stereocenters. The van der Waals surface area contributed by atoms with Crippen LogP contribution in [0.15, 0.2) is 72.8 Å². The Hall–Kier alpha value is -4.73. The van der Waals surface area contributed by atoms with Crippen molar-refractivity contribution in [1.82, 2.24) is 4.57 Å². The van der Waals surface area contributed by atoms with Crippen molar-refractivity contribution in [2.24, 2.45) is 0 Å². The lowest BCUT2D eigenvalue weighted by atomic mass is 10.1. The number of hydrogen-bond donors (Lipinski definition) is 1. The van der Waals surface area contributed by atoms with Gasteiger partial charge < -0.3 is 24.1 Å². The number of carbonyl (C=O) groups excluding carboxylic acids is 2. The summed E-state index contributed by atoms with van der Waals surface area (Å²) in [5.41, 5.74) is 2.31. The first-order valence-electron chi connectivity index (χ1n) is 11.9. The van der Waals surface area contributed by atoms with Crippen LogP contribution in [0.1, 0.15) is 37.7 Å². The molecule has 200 valence electrons. The van der Waals surface area contributed by atoms with E-state index in [0.717, 1.165) is 23.5 Å². The van der Waals surface area contributed by atoms with Crippen LogP contribution in [0.25, 0.3) is 5.69 Å². The molecule has 2 heterocycles. The second-order valence-corrected chi connectivity index (χ2v) is 8.91. The van der Waals surface area contributed by atoms with Gasteiger partial charge in [-0.1, -0.05) is 18.2 Å². The quantitative estimate of drug-likeness (QED) is 0.211. The molecule has 10 heteroatoms. The van der Waals surface area contributed by atoms with Gasteiger partial charge in [-0.2, -0.15) is 13.2 Å². The Morgan fingerprint density at radius 1 is 0.923 bits per heavy atom. The number of ketones is 1. The SMILES string of the molecule is Cc1cc(C(=O)COC(=O)c2ccccc2Nc2cccc(C(F)(F)F)c2)c(C)n1-c1ccc2c(c1)OCO2. The molecule has 0 atom stereocenters. The lowest BCUT2D eigenvalue weighted by Gasteiger charge is -2.13. The van der Waals surface area contributed by atoms with Gasteiger partial charge in [-0.25, -0.2) is 4.79 Å². The molecule has 0 spiro atoms. The third-order valence-corrected chi connectivity index (χ3v) is 6.30. The van der Waals surface area contributed by atoms with Crippen molar-refractivity contribution in [2.75, 3.05) is 18.7 Å². The zero-order chi connectivity index (χ0) is 27.7. The van der Waals surface area contributed by atoms with E-state index in [4.69, 9.17) is 14.2 Å². The Morgan fingerprint density at radius 2 is 1.69 bits per heavy atom. The molecule has 5 rings (SSSR count). The number of halogens is 3. The van der Waals surface area contributed by atoms with Crippen LogP contribution in [0.2, 0.25) is 0 Å². The number of ether oxygens (including phenoxy) is 3. The molecule has 0 fully saturated rings. The molecule has 3 aromatic carbocycles. The molecule has 1 N–H and O–H groups in total.